The van der Waals surface area contributed by atoms with E-state index in [9.17, 15) is 9.59 Å². The average molecular weight is 609 g/mol. The van der Waals surface area contributed by atoms with E-state index in [4.69, 9.17) is 0 Å². The molecule has 2 heterocycles. The summed E-state index contributed by atoms with van der Waals surface area (Å²) in [5.41, 5.74) is 5.37. The monoisotopic (exact) mass is 608 g/mol. The fourth-order valence-corrected chi connectivity index (χ4v) is 8.17. The molecule has 0 bridgehead atoms. The van der Waals surface area contributed by atoms with Crippen LogP contribution >= 0.6 is 11.8 Å². The Bertz CT molecular complexity index is 1450. The molecule has 2 atom stereocenters. The van der Waals surface area contributed by atoms with Gasteiger partial charge in [-0.1, -0.05) is 85.1 Å². The molecule has 2 saturated heterocycles. The van der Waals surface area contributed by atoms with Crippen LogP contribution in [0.5, 0.6) is 0 Å². The molecule has 1 saturated carbocycles. The molecule has 3 aromatic carbocycles. The highest BCUT2D eigenvalue weighted by molar-refractivity contribution is 8.04. The van der Waals surface area contributed by atoms with Gasteiger partial charge in [-0.2, -0.15) is 0 Å². The van der Waals surface area contributed by atoms with Crippen LogP contribution in [0.3, 0.4) is 0 Å². The van der Waals surface area contributed by atoms with Crippen LogP contribution in [0, 0.1) is 6.92 Å². The number of rotatable bonds is 9. The van der Waals surface area contributed by atoms with E-state index < -0.39 is 0 Å². The highest BCUT2D eigenvalue weighted by atomic mass is 32.2. The van der Waals surface area contributed by atoms with Gasteiger partial charge < -0.3 is 10.2 Å². The van der Waals surface area contributed by atoms with E-state index in [1.807, 2.05) is 30.3 Å². The normalized spacial score (nSPS) is 22.2. The van der Waals surface area contributed by atoms with Crippen molar-refractivity contribution in [3.63, 3.8) is 0 Å². The molecule has 3 aliphatic rings. The molecule has 0 aromatic heterocycles. The number of amides is 2. The molecule has 3 aromatic rings. The third-order valence-electron chi connectivity index (χ3n) is 9.15. The van der Waals surface area contributed by atoms with Crippen molar-refractivity contribution in [2.24, 2.45) is 0 Å². The van der Waals surface area contributed by atoms with Crippen molar-refractivity contribution in [3.05, 3.63) is 112 Å². The van der Waals surface area contributed by atoms with Crippen molar-refractivity contribution >= 4 is 29.7 Å². The van der Waals surface area contributed by atoms with Crippen LogP contribution in [0.1, 0.15) is 58.3 Å². The van der Waals surface area contributed by atoms with E-state index in [2.05, 4.69) is 81.5 Å². The van der Waals surface area contributed by atoms with Crippen LogP contribution in [0.4, 0.5) is 0 Å². The van der Waals surface area contributed by atoms with Crippen molar-refractivity contribution in [1.82, 2.24) is 20.0 Å². The minimum atomic E-state index is -0.0515. The van der Waals surface area contributed by atoms with Gasteiger partial charge in [0.05, 0.1) is 4.91 Å². The number of benzene rings is 3. The number of thioether (sulfide) groups is 1. The summed E-state index contributed by atoms with van der Waals surface area (Å²) >= 11 is 1.75. The van der Waals surface area contributed by atoms with Gasteiger partial charge in [0.15, 0.2) is 0 Å². The SMILES string of the molecule is Cc1cccc(CN2C(=O)/C(=C\c3ccc(C(=O)NCCN4CCN(Cc5ccccc5)CC4)cc3)SC3CCCCC32)c1. The fraction of sp³-hybridized carbons (Fsp3) is 0.405. The number of hydrogen-bond donors (Lipinski definition) is 1. The van der Waals surface area contributed by atoms with Gasteiger partial charge in [-0.05, 0) is 54.7 Å². The lowest BCUT2D eigenvalue weighted by molar-refractivity contribution is -0.130. The van der Waals surface area contributed by atoms with Gasteiger partial charge in [-0.15, -0.1) is 11.8 Å². The molecular weight excluding hydrogens is 565 g/mol. The van der Waals surface area contributed by atoms with Crippen molar-refractivity contribution in [2.75, 3.05) is 39.3 Å². The first-order valence-electron chi connectivity index (χ1n) is 16.1. The number of piperazine rings is 1. The lowest BCUT2D eigenvalue weighted by atomic mass is 9.92. The summed E-state index contributed by atoms with van der Waals surface area (Å²) in [6.45, 7) is 9.38. The van der Waals surface area contributed by atoms with E-state index in [0.29, 0.717) is 29.9 Å². The molecule has 6 nitrogen and oxygen atoms in total. The van der Waals surface area contributed by atoms with Crippen LogP contribution < -0.4 is 5.32 Å². The number of fused-ring (bicyclic) bond motifs is 1. The third-order valence-corrected chi connectivity index (χ3v) is 10.6. The van der Waals surface area contributed by atoms with Crippen molar-refractivity contribution < 1.29 is 9.59 Å². The molecule has 2 aliphatic heterocycles. The van der Waals surface area contributed by atoms with Crippen LogP contribution in [0.2, 0.25) is 0 Å². The molecule has 2 amide bonds. The molecule has 1 N–H and O–H groups in total. The lowest BCUT2D eigenvalue weighted by Gasteiger charge is -2.44. The van der Waals surface area contributed by atoms with E-state index >= 15 is 0 Å². The molecule has 230 valence electrons. The minimum Gasteiger partial charge on any atom is -0.351 e. The van der Waals surface area contributed by atoms with Gasteiger partial charge in [0.2, 0.25) is 0 Å². The Morgan fingerprint density at radius 1 is 0.864 bits per heavy atom. The Morgan fingerprint density at radius 3 is 2.36 bits per heavy atom. The Kier molecular flexibility index (Phi) is 10.2. The number of carbonyl (C=O) groups excluding carboxylic acids is 2. The van der Waals surface area contributed by atoms with E-state index in [-0.39, 0.29) is 11.8 Å². The highest BCUT2D eigenvalue weighted by Gasteiger charge is 2.40. The first-order chi connectivity index (χ1) is 21.5. The summed E-state index contributed by atoms with van der Waals surface area (Å²) in [4.78, 5) is 34.5. The predicted octanol–water partition coefficient (Wildman–Crippen LogP) is 5.97. The van der Waals surface area contributed by atoms with Crippen LogP contribution in [-0.4, -0.2) is 77.1 Å². The maximum Gasteiger partial charge on any atom is 0.260 e. The Labute approximate surface area is 266 Å². The topological polar surface area (TPSA) is 55.9 Å². The molecule has 6 rings (SSSR count). The smallest absolute Gasteiger partial charge is 0.260 e. The zero-order valence-corrected chi connectivity index (χ0v) is 26.6. The Balaban J connectivity index is 1.01. The first-order valence-corrected chi connectivity index (χ1v) is 17.0. The molecule has 7 heteroatoms. The largest absolute Gasteiger partial charge is 0.351 e. The van der Waals surface area contributed by atoms with Gasteiger partial charge in [0.25, 0.3) is 11.8 Å². The number of nitrogens with one attached hydrogen (secondary N) is 1. The number of nitrogens with zero attached hydrogens (tertiary/aromatic N) is 3. The van der Waals surface area contributed by atoms with Gasteiger partial charge in [0.1, 0.15) is 0 Å². The van der Waals surface area contributed by atoms with Gasteiger partial charge >= 0.3 is 0 Å². The summed E-state index contributed by atoms with van der Waals surface area (Å²) in [5, 5.41) is 3.53. The molecule has 44 heavy (non-hydrogen) atoms. The summed E-state index contributed by atoms with van der Waals surface area (Å²) < 4.78 is 0. The van der Waals surface area contributed by atoms with Crippen molar-refractivity contribution in [1.29, 1.82) is 0 Å². The zero-order chi connectivity index (χ0) is 30.3. The van der Waals surface area contributed by atoms with E-state index in [0.717, 1.165) is 62.6 Å². The van der Waals surface area contributed by atoms with Gasteiger partial charge in [0, 0.05) is 69.2 Å². The van der Waals surface area contributed by atoms with Crippen LogP contribution in [0.15, 0.2) is 83.8 Å². The standard InChI is InChI=1S/C37H44N4O2S/c1-28-8-7-11-31(24-28)27-41-33-12-5-6-13-34(33)44-35(37(41)43)25-29-14-16-32(17-15-29)36(42)38-18-19-39-20-22-40(23-21-39)26-30-9-3-2-4-10-30/h2-4,7-11,14-17,24-25,33-34H,5-6,12-13,18-23,26-27H2,1H3,(H,38,42)/b35-25+. The summed E-state index contributed by atoms with van der Waals surface area (Å²) in [7, 11) is 0. The zero-order valence-electron chi connectivity index (χ0n) is 25.8. The fourth-order valence-electron chi connectivity index (χ4n) is 6.69. The second-order valence-electron chi connectivity index (χ2n) is 12.4. The lowest BCUT2D eigenvalue weighted by Crippen LogP contribution is -2.50. The Morgan fingerprint density at radius 2 is 1.59 bits per heavy atom. The van der Waals surface area contributed by atoms with Crippen LogP contribution in [0.25, 0.3) is 6.08 Å². The van der Waals surface area contributed by atoms with Crippen LogP contribution in [-0.2, 0) is 17.9 Å². The number of hydrogen-bond acceptors (Lipinski definition) is 5. The highest BCUT2D eigenvalue weighted by Crippen LogP contribution is 2.42. The van der Waals surface area contributed by atoms with Crippen molar-refractivity contribution in [3.8, 4) is 0 Å². The van der Waals surface area contributed by atoms with Gasteiger partial charge in [-0.25, -0.2) is 0 Å². The molecule has 0 radical (unpaired) electrons. The third kappa shape index (κ3) is 7.81. The molecule has 3 fully saturated rings. The molecule has 2 unspecified atom stereocenters. The summed E-state index contributed by atoms with van der Waals surface area (Å²) in [6, 6.07) is 27.1. The summed E-state index contributed by atoms with van der Waals surface area (Å²) in [6.07, 6.45) is 6.65. The average Bonchev–Trinajstić information content (AvgIpc) is 3.05. The molecular formula is C37H44N4O2S. The van der Waals surface area contributed by atoms with Crippen molar-refractivity contribution in [2.45, 2.75) is 57.0 Å². The maximum atomic E-state index is 13.8. The first kappa shape index (κ1) is 30.6. The summed E-state index contributed by atoms with van der Waals surface area (Å²) in [5.74, 6) is 0.0757. The molecule has 1 aliphatic carbocycles. The second-order valence-corrected chi connectivity index (χ2v) is 13.7. The molecule has 0 spiro atoms. The number of carbonyl (C=O) groups is 2. The predicted molar refractivity (Wildman–Crippen MR) is 180 cm³/mol. The maximum absolute atomic E-state index is 13.8. The number of aryl methyl sites for hydroxylation is 1. The minimum absolute atomic E-state index is 0.0515. The van der Waals surface area contributed by atoms with E-state index in [1.165, 1.54) is 29.5 Å². The quantitative estimate of drug-likeness (QED) is 0.304. The van der Waals surface area contributed by atoms with Gasteiger partial charge in [-0.3, -0.25) is 19.4 Å². The second kappa shape index (κ2) is 14.6. The van der Waals surface area contributed by atoms with E-state index in [1.54, 1.807) is 11.8 Å². The Hall–Kier alpha value is -3.39.